The van der Waals surface area contributed by atoms with Crippen LogP contribution in [0.15, 0.2) is 43.0 Å². The molecule has 186 valence electrons. The second-order valence-electron chi connectivity index (χ2n) is 10.7. The van der Waals surface area contributed by atoms with E-state index < -0.39 is 11.4 Å². The third-order valence-corrected chi connectivity index (χ3v) is 6.77. The fraction of sp³-hybridized carbons (Fsp3) is 0.385. The molecule has 2 aliphatic rings. The highest BCUT2D eigenvalue weighted by molar-refractivity contribution is 5.98. The van der Waals surface area contributed by atoms with Gasteiger partial charge in [0.15, 0.2) is 17.2 Å². The van der Waals surface area contributed by atoms with E-state index in [0.717, 1.165) is 35.3 Å². The number of rotatable bonds is 3. The number of amides is 1. The SMILES string of the molecule is COc1cc2c(-c3cnn4cc(N5CC6(CN(C(=O)OC(C)(C)C)C6)C5)cnc34)ccnc2cc1F. The molecule has 1 amide bonds. The standard InChI is InChI=1S/C26H27FN6O3/c1-25(2,3)36-24(34)32-14-26(15-32)12-31(13-26)16-9-29-23-19(10-30-33(23)11-16)17-5-6-28-21-8-20(27)22(35-4)7-18(17)21/h5-11H,12-15H2,1-4H3. The molecule has 5 heterocycles. The molecular weight excluding hydrogens is 463 g/mol. The molecular formula is C26H27FN6O3. The van der Waals surface area contributed by atoms with Crippen molar-refractivity contribution in [1.82, 2.24) is 24.5 Å². The highest BCUT2D eigenvalue weighted by atomic mass is 19.1. The third-order valence-electron chi connectivity index (χ3n) is 6.77. The lowest BCUT2D eigenvalue weighted by Crippen LogP contribution is -2.73. The van der Waals surface area contributed by atoms with Gasteiger partial charge < -0.3 is 19.3 Å². The number of benzene rings is 1. The number of ether oxygens (including phenoxy) is 2. The summed E-state index contributed by atoms with van der Waals surface area (Å²) in [7, 11) is 1.44. The first-order valence-electron chi connectivity index (χ1n) is 11.8. The Morgan fingerprint density at radius 2 is 1.86 bits per heavy atom. The van der Waals surface area contributed by atoms with E-state index in [9.17, 15) is 9.18 Å². The van der Waals surface area contributed by atoms with Crippen LogP contribution in [0.4, 0.5) is 14.9 Å². The van der Waals surface area contributed by atoms with Crippen LogP contribution in [0.1, 0.15) is 20.8 Å². The number of nitrogens with zero attached hydrogens (tertiary/aromatic N) is 6. The molecule has 0 saturated carbocycles. The lowest BCUT2D eigenvalue weighted by atomic mass is 9.73. The molecule has 2 fully saturated rings. The fourth-order valence-electron chi connectivity index (χ4n) is 5.12. The van der Waals surface area contributed by atoms with Crippen LogP contribution in [-0.4, -0.2) is 69.5 Å². The van der Waals surface area contributed by atoms with Crippen molar-refractivity contribution < 1.29 is 18.7 Å². The van der Waals surface area contributed by atoms with Crippen molar-refractivity contribution in [2.45, 2.75) is 26.4 Å². The Hall–Kier alpha value is -3.95. The van der Waals surface area contributed by atoms with Crippen molar-refractivity contribution in [3.63, 3.8) is 0 Å². The number of pyridine rings is 1. The van der Waals surface area contributed by atoms with Crippen molar-refractivity contribution in [2.75, 3.05) is 38.2 Å². The van der Waals surface area contributed by atoms with Crippen LogP contribution in [0.2, 0.25) is 0 Å². The number of anilines is 1. The van der Waals surface area contributed by atoms with E-state index in [-0.39, 0.29) is 17.3 Å². The lowest BCUT2D eigenvalue weighted by Gasteiger charge is -2.60. The molecule has 4 aromatic rings. The van der Waals surface area contributed by atoms with E-state index in [4.69, 9.17) is 14.5 Å². The lowest BCUT2D eigenvalue weighted by molar-refractivity contribution is -0.0453. The highest BCUT2D eigenvalue weighted by Crippen LogP contribution is 2.42. The van der Waals surface area contributed by atoms with Crippen LogP contribution in [-0.2, 0) is 4.74 Å². The van der Waals surface area contributed by atoms with Crippen molar-refractivity contribution in [3.8, 4) is 16.9 Å². The molecule has 6 rings (SSSR count). The van der Waals surface area contributed by atoms with Crippen LogP contribution in [0.25, 0.3) is 27.7 Å². The van der Waals surface area contributed by atoms with Gasteiger partial charge in [-0.3, -0.25) is 4.98 Å². The average molecular weight is 491 g/mol. The minimum absolute atomic E-state index is 0.116. The van der Waals surface area contributed by atoms with Crippen molar-refractivity contribution in [3.05, 3.63) is 48.8 Å². The summed E-state index contributed by atoms with van der Waals surface area (Å²) in [6.45, 7) is 8.76. The van der Waals surface area contributed by atoms with Crippen LogP contribution in [0.3, 0.4) is 0 Å². The van der Waals surface area contributed by atoms with Crippen molar-refractivity contribution in [2.24, 2.45) is 5.41 Å². The summed E-state index contributed by atoms with van der Waals surface area (Å²) in [4.78, 5) is 25.3. The Morgan fingerprint density at radius 1 is 1.08 bits per heavy atom. The summed E-state index contributed by atoms with van der Waals surface area (Å²) in [5.41, 5.74) is 3.52. The number of carbonyl (C=O) groups is 1. The van der Waals surface area contributed by atoms with E-state index in [1.807, 2.05) is 39.2 Å². The van der Waals surface area contributed by atoms with Gasteiger partial charge in [-0.25, -0.2) is 18.7 Å². The van der Waals surface area contributed by atoms with E-state index in [2.05, 4.69) is 15.0 Å². The van der Waals surface area contributed by atoms with E-state index in [1.54, 1.807) is 27.9 Å². The minimum Gasteiger partial charge on any atom is -0.494 e. The zero-order valence-electron chi connectivity index (χ0n) is 20.7. The summed E-state index contributed by atoms with van der Waals surface area (Å²) in [6.07, 6.45) is 6.98. The van der Waals surface area contributed by atoms with Gasteiger partial charge in [-0.1, -0.05) is 0 Å². The number of aromatic nitrogens is 4. The molecule has 36 heavy (non-hydrogen) atoms. The summed E-state index contributed by atoms with van der Waals surface area (Å²) in [5.74, 6) is -0.290. The van der Waals surface area contributed by atoms with E-state index in [0.29, 0.717) is 24.3 Å². The van der Waals surface area contributed by atoms with Gasteiger partial charge in [0.05, 0.1) is 36.9 Å². The second-order valence-corrected chi connectivity index (χ2v) is 10.7. The molecule has 3 aromatic heterocycles. The predicted molar refractivity (Wildman–Crippen MR) is 133 cm³/mol. The Kier molecular flexibility index (Phi) is 4.86. The maximum absolute atomic E-state index is 14.2. The molecule has 2 saturated heterocycles. The molecule has 9 nitrogen and oxygen atoms in total. The Balaban J connectivity index is 1.21. The predicted octanol–water partition coefficient (Wildman–Crippen LogP) is 4.15. The topological polar surface area (TPSA) is 85.1 Å². The number of carbonyl (C=O) groups excluding carboxylic acids is 1. The maximum Gasteiger partial charge on any atom is 0.410 e. The van der Waals surface area contributed by atoms with Crippen molar-refractivity contribution >= 4 is 28.3 Å². The Labute approximate surface area is 207 Å². The van der Waals surface area contributed by atoms with Crippen LogP contribution < -0.4 is 9.64 Å². The molecule has 0 radical (unpaired) electrons. The van der Waals surface area contributed by atoms with Gasteiger partial charge in [0, 0.05) is 54.8 Å². The average Bonchev–Trinajstić information content (AvgIpc) is 3.18. The zero-order valence-corrected chi connectivity index (χ0v) is 20.7. The van der Waals surface area contributed by atoms with Gasteiger partial charge in [-0.2, -0.15) is 5.10 Å². The molecule has 1 aromatic carbocycles. The normalized spacial score (nSPS) is 16.8. The molecule has 10 heteroatoms. The van der Waals surface area contributed by atoms with Gasteiger partial charge in [-0.15, -0.1) is 0 Å². The summed E-state index contributed by atoms with van der Waals surface area (Å²) in [5, 5.41) is 5.30. The molecule has 0 unspecified atom stereocenters. The first kappa shape index (κ1) is 22.5. The summed E-state index contributed by atoms with van der Waals surface area (Å²) in [6, 6.07) is 4.90. The third kappa shape index (κ3) is 3.68. The minimum atomic E-state index is -0.486. The van der Waals surface area contributed by atoms with Gasteiger partial charge in [0.2, 0.25) is 0 Å². The highest BCUT2D eigenvalue weighted by Gasteiger charge is 2.54. The number of hydrogen-bond donors (Lipinski definition) is 0. The smallest absolute Gasteiger partial charge is 0.410 e. The summed E-state index contributed by atoms with van der Waals surface area (Å²) >= 11 is 0. The molecule has 0 aliphatic carbocycles. The largest absolute Gasteiger partial charge is 0.494 e. The number of methoxy groups -OCH3 is 1. The molecule has 1 spiro atoms. The first-order chi connectivity index (χ1) is 17.1. The van der Waals surface area contributed by atoms with Gasteiger partial charge >= 0.3 is 6.09 Å². The van der Waals surface area contributed by atoms with Gasteiger partial charge in [0.1, 0.15) is 5.60 Å². The Bertz CT molecular complexity index is 1500. The number of halogens is 1. The monoisotopic (exact) mass is 490 g/mol. The number of hydrogen-bond acceptors (Lipinski definition) is 7. The quantitative estimate of drug-likeness (QED) is 0.427. The van der Waals surface area contributed by atoms with Gasteiger partial charge in [-0.05, 0) is 38.5 Å². The van der Waals surface area contributed by atoms with E-state index >= 15 is 0 Å². The maximum atomic E-state index is 14.2. The molecule has 0 N–H and O–H groups in total. The van der Waals surface area contributed by atoms with Crippen LogP contribution in [0.5, 0.6) is 5.75 Å². The van der Waals surface area contributed by atoms with Crippen LogP contribution >= 0.6 is 0 Å². The molecule has 0 bridgehead atoms. The number of fused-ring (bicyclic) bond motifs is 2. The molecule has 0 atom stereocenters. The first-order valence-corrected chi connectivity index (χ1v) is 11.8. The molecule has 2 aliphatic heterocycles. The fourth-order valence-corrected chi connectivity index (χ4v) is 5.12. The van der Waals surface area contributed by atoms with Gasteiger partial charge in [0.25, 0.3) is 0 Å². The second kappa shape index (κ2) is 7.78. The number of likely N-dealkylation sites (tertiary alicyclic amines) is 1. The Morgan fingerprint density at radius 3 is 2.58 bits per heavy atom. The zero-order chi connectivity index (χ0) is 25.2. The van der Waals surface area contributed by atoms with Crippen molar-refractivity contribution in [1.29, 1.82) is 0 Å². The van der Waals surface area contributed by atoms with E-state index in [1.165, 1.54) is 13.2 Å². The van der Waals surface area contributed by atoms with Crippen LogP contribution in [0, 0.1) is 11.2 Å². The summed E-state index contributed by atoms with van der Waals surface area (Å²) < 4.78 is 26.6.